The average Bonchev–Trinajstić information content (AvgIpc) is 2.78. The molecule has 0 aliphatic rings. The summed E-state index contributed by atoms with van der Waals surface area (Å²) in [5.74, 6) is -1.08. The van der Waals surface area contributed by atoms with Crippen molar-refractivity contribution in [3.8, 4) is 0 Å². The fourth-order valence-electron chi connectivity index (χ4n) is 3.00. The maximum absolute atomic E-state index is 13.1. The standard InChI is InChI=1S/C23H19NO3S/c1-27-22(26)23(19-15-9-4-10-16-19,20(28)17-11-5-2-6-12-17)24-21(25)18-13-7-3-8-14-18/h2-16H,1H3,(H,24,25)/t23-/m1/s1. The minimum Gasteiger partial charge on any atom is -0.467 e. The molecule has 0 aromatic heterocycles. The van der Waals surface area contributed by atoms with Crippen LogP contribution in [0.15, 0.2) is 91.0 Å². The van der Waals surface area contributed by atoms with Crippen LogP contribution in [0.3, 0.4) is 0 Å². The Morgan fingerprint density at radius 1 is 0.786 bits per heavy atom. The highest BCUT2D eigenvalue weighted by Crippen LogP contribution is 2.29. The van der Waals surface area contributed by atoms with E-state index in [-0.39, 0.29) is 4.86 Å². The second-order valence-electron chi connectivity index (χ2n) is 6.12. The number of hydrogen-bond acceptors (Lipinski definition) is 4. The first kappa shape index (κ1) is 19.5. The van der Waals surface area contributed by atoms with Crippen LogP contribution < -0.4 is 5.32 Å². The summed E-state index contributed by atoms with van der Waals surface area (Å²) in [7, 11) is 1.28. The predicted octanol–water partition coefficient (Wildman–Crippen LogP) is 3.90. The van der Waals surface area contributed by atoms with Gasteiger partial charge in [0.15, 0.2) is 5.54 Å². The molecule has 3 aromatic rings. The van der Waals surface area contributed by atoms with E-state index in [2.05, 4.69) is 5.32 Å². The molecule has 140 valence electrons. The smallest absolute Gasteiger partial charge is 0.342 e. The van der Waals surface area contributed by atoms with Crippen molar-refractivity contribution in [2.75, 3.05) is 7.11 Å². The molecule has 28 heavy (non-hydrogen) atoms. The van der Waals surface area contributed by atoms with Gasteiger partial charge >= 0.3 is 5.97 Å². The Bertz CT molecular complexity index is 975. The van der Waals surface area contributed by atoms with E-state index >= 15 is 0 Å². The van der Waals surface area contributed by atoms with Crippen molar-refractivity contribution in [1.29, 1.82) is 0 Å². The molecule has 1 atom stereocenters. The van der Waals surface area contributed by atoms with Crippen LogP contribution in [0.4, 0.5) is 0 Å². The van der Waals surface area contributed by atoms with Gasteiger partial charge in [-0.05, 0) is 23.3 Å². The maximum Gasteiger partial charge on any atom is 0.342 e. The number of carbonyl (C=O) groups is 2. The maximum atomic E-state index is 13.1. The Morgan fingerprint density at radius 2 is 1.25 bits per heavy atom. The van der Waals surface area contributed by atoms with Crippen molar-refractivity contribution in [2.45, 2.75) is 5.54 Å². The Morgan fingerprint density at radius 3 is 1.75 bits per heavy atom. The summed E-state index contributed by atoms with van der Waals surface area (Å²) in [4.78, 5) is 26.4. The molecule has 0 aliphatic carbocycles. The Labute approximate surface area is 169 Å². The number of nitrogens with one attached hydrogen (secondary N) is 1. The number of hydrogen-bond donors (Lipinski definition) is 1. The topological polar surface area (TPSA) is 55.4 Å². The van der Waals surface area contributed by atoms with Gasteiger partial charge in [0.25, 0.3) is 5.91 Å². The molecule has 0 heterocycles. The molecule has 0 bridgehead atoms. The van der Waals surface area contributed by atoms with E-state index in [4.69, 9.17) is 17.0 Å². The quantitative estimate of drug-likeness (QED) is 0.395. The summed E-state index contributed by atoms with van der Waals surface area (Å²) in [6, 6.07) is 26.7. The van der Waals surface area contributed by atoms with Gasteiger partial charge in [0.2, 0.25) is 0 Å². The molecule has 3 aromatic carbocycles. The Kier molecular flexibility index (Phi) is 5.96. The van der Waals surface area contributed by atoms with E-state index in [0.717, 1.165) is 0 Å². The van der Waals surface area contributed by atoms with Gasteiger partial charge in [0.05, 0.1) is 12.0 Å². The second kappa shape index (κ2) is 8.59. The zero-order chi connectivity index (χ0) is 20.0. The van der Waals surface area contributed by atoms with Crippen LogP contribution in [-0.2, 0) is 15.1 Å². The number of rotatable bonds is 6. The molecule has 0 saturated carbocycles. The summed E-state index contributed by atoms with van der Waals surface area (Å²) in [6.45, 7) is 0. The average molecular weight is 389 g/mol. The highest BCUT2D eigenvalue weighted by atomic mass is 32.1. The van der Waals surface area contributed by atoms with Gasteiger partial charge in [-0.1, -0.05) is 91.1 Å². The van der Waals surface area contributed by atoms with Crippen molar-refractivity contribution < 1.29 is 14.3 Å². The van der Waals surface area contributed by atoms with Gasteiger partial charge in [0.1, 0.15) is 0 Å². The third-order valence-corrected chi connectivity index (χ3v) is 4.95. The molecule has 0 radical (unpaired) electrons. The number of methoxy groups -OCH3 is 1. The second-order valence-corrected chi connectivity index (χ2v) is 6.53. The van der Waals surface area contributed by atoms with Gasteiger partial charge in [-0.2, -0.15) is 0 Å². The molecule has 0 spiro atoms. The minimum absolute atomic E-state index is 0.260. The van der Waals surface area contributed by atoms with Crippen LogP contribution in [0, 0.1) is 0 Å². The lowest BCUT2D eigenvalue weighted by Crippen LogP contribution is -2.57. The molecule has 5 heteroatoms. The lowest BCUT2D eigenvalue weighted by molar-refractivity contribution is -0.145. The molecule has 0 unspecified atom stereocenters. The molecule has 1 N–H and O–H groups in total. The first-order valence-electron chi connectivity index (χ1n) is 8.71. The van der Waals surface area contributed by atoms with E-state index in [9.17, 15) is 9.59 Å². The highest BCUT2D eigenvalue weighted by molar-refractivity contribution is 7.81. The van der Waals surface area contributed by atoms with E-state index in [0.29, 0.717) is 16.7 Å². The SMILES string of the molecule is COC(=O)[C@](NC(=O)c1ccccc1)(C(=S)c1ccccc1)c1ccccc1. The Hall–Kier alpha value is -3.31. The van der Waals surface area contributed by atoms with Crippen molar-refractivity contribution in [1.82, 2.24) is 5.32 Å². The number of benzene rings is 3. The van der Waals surface area contributed by atoms with Gasteiger partial charge < -0.3 is 10.1 Å². The number of esters is 1. The van der Waals surface area contributed by atoms with E-state index in [1.165, 1.54) is 7.11 Å². The van der Waals surface area contributed by atoms with Crippen molar-refractivity contribution >= 4 is 29.0 Å². The lowest BCUT2D eigenvalue weighted by atomic mass is 9.83. The molecular formula is C23H19NO3S. The minimum atomic E-state index is -1.64. The Balaban J connectivity index is 2.17. The van der Waals surface area contributed by atoms with Crippen molar-refractivity contribution in [2.24, 2.45) is 0 Å². The molecule has 3 rings (SSSR count). The third-order valence-electron chi connectivity index (χ3n) is 4.41. The normalized spacial score (nSPS) is 12.5. The van der Waals surface area contributed by atoms with Gasteiger partial charge in [-0.3, -0.25) is 4.79 Å². The summed E-state index contributed by atoms with van der Waals surface area (Å²) < 4.78 is 5.11. The summed E-state index contributed by atoms with van der Waals surface area (Å²) >= 11 is 5.73. The molecule has 0 aliphatic heterocycles. The zero-order valence-electron chi connectivity index (χ0n) is 15.3. The van der Waals surface area contributed by atoms with Crippen LogP contribution in [0.25, 0.3) is 0 Å². The summed E-state index contributed by atoms with van der Waals surface area (Å²) in [5, 5.41) is 2.86. The van der Waals surface area contributed by atoms with Gasteiger partial charge in [-0.15, -0.1) is 0 Å². The largest absolute Gasteiger partial charge is 0.467 e. The molecule has 0 fully saturated rings. The predicted molar refractivity (Wildman–Crippen MR) is 112 cm³/mol. The lowest BCUT2D eigenvalue weighted by Gasteiger charge is -2.33. The zero-order valence-corrected chi connectivity index (χ0v) is 16.1. The fraction of sp³-hybridized carbons (Fsp3) is 0.0870. The van der Waals surface area contributed by atoms with Crippen molar-refractivity contribution in [3.05, 3.63) is 108 Å². The van der Waals surface area contributed by atoms with Gasteiger partial charge in [0, 0.05) is 5.56 Å². The van der Waals surface area contributed by atoms with E-state index < -0.39 is 17.4 Å². The summed E-state index contributed by atoms with van der Waals surface area (Å²) in [6.07, 6.45) is 0. The first-order valence-corrected chi connectivity index (χ1v) is 9.12. The molecular weight excluding hydrogens is 370 g/mol. The van der Waals surface area contributed by atoms with E-state index in [1.807, 2.05) is 30.3 Å². The monoisotopic (exact) mass is 389 g/mol. The van der Waals surface area contributed by atoms with Gasteiger partial charge in [-0.25, -0.2) is 4.79 Å². The number of carbonyl (C=O) groups excluding carboxylic acids is 2. The van der Waals surface area contributed by atoms with E-state index in [1.54, 1.807) is 60.7 Å². The fourth-order valence-corrected chi connectivity index (χ4v) is 3.39. The highest BCUT2D eigenvalue weighted by Gasteiger charge is 2.47. The molecule has 1 amide bonds. The number of ether oxygens (including phenoxy) is 1. The van der Waals surface area contributed by atoms with Crippen LogP contribution in [-0.4, -0.2) is 23.9 Å². The molecule has 4 nitrogen and oxygen atoms in total. The van der Waals surface area contributed by atoms with Crippen molar-refractivity contribution in [3.63, 3.8) is 0 Å². The molecule has 0 saturated heterocycles. The van der Waals surface area contributed by atoms with Crippen LogP contribution in [0.2, 0.25) is 0 Å². The van der Waals surface area contributed by atoms with Crippen LogP contribution in [0.1, 0.15) is 21.5 Å². The first-order chi connectivity index (χ1) is 13.6. The van der Waals surface area contributed by atoms with Crippen LogP contribution >= 0.6 is 12.2 Å². The number of thiocarbonyl (C=S) groups is 1. The third kappa shape index (κ3) is 3.70. The van der Waals surface area contributed by atoms with Crippen LogP contribution in [0.5, 0.6) is 0 Å². The number of amides is 1. The summed E-state index contributed by atoms with van der Waals surface area (Å²) in [5.41, 5.74) is -0.0396.